The van der Waals surface area contributed by atoms with Crippen molar-refractivity contribution in [3.8, 4) is 11.4 Å². The predicted octanol–water partition coefficient (Wildman–Crippen LogP) is 1.81. The molecule has 0 saturated heterocycles. The van der Waals surface area contributed by atoms with Crippen molar-refractivity contribution in [1.29, 1.82) is 0 Å². The maximum absolute atomic E-state index is 12.6. The fourth-order valence-electron chi connectivity index (χ4n) is 2.32. The van der Waals surface area contributed by atoms with Gasteiger partial charge in [0, 0.05) is 18.6 Å². The number of pyridine rings is 1. The maximum atomic E-state index is 12.6. The highest BCUT2D eigenvalue weighted by atomic mass is 16.1. The van der Waals surface area contributed by atoms with Crippen LogP contribution >= 0.6 is 0 Å². The number of carbonyl (C=O) groups is 1. The van der Waals surface area contributed by atoms with Gasteiger partial charge in [-0.2, -0.15) is 5.10 Å². The summed E-state index contributed by atoms with van der Waals surface area (Å²) in [6.45, 7) is 0. The number of rotatable bonds is 3. The van der Waals surface area contributed by atoms with E-state index in [4.69, 9.17) is 0 Å². The van der Waals surface area contributed by atoms with Gasteiger partial charge in [-0.3, -0.25) is 9.78 Å². The summed E-state index contributed by atoms with van der Waals surface area (Å²) in [6, 6.07) is 8.76. The Balaban J connectivity index is 1.87. The molecule has 0 aromatic carbocycles. The van der Waals surface area contributed by atoms with Crippen LogP contribution in [0, 0.1) is 0 Å². The van der Waals surface area contributed by atoms with Gasteiger partial charge < -0.3 is 0 Å². The highest BCUT2D eigenvalue weighted by Gasteiger charge is 2.18. The zero-order chi connectivity index (χ0) is 15.6. The minimum absolute atomic E-state index is 0.215. The van der Waals surface area contributed by atoms with Gasteiger partial charge in [0.05, 0.1) is 23.1 Å². The average molecular weight is 302 g/mol. The van der Waals surface area contributed by atoms with Crippen LogP contribution in [0.3, 0.4) is 0 Å². The normalized spacial score (nSPS) is 10.8. The van der Waals surface area contributed by atoms with Gasteiger partial charge in [0.2, 0.25) is 5.78 Å². The Hall–Kier alpha value is -3.48. The summed E-state index contributed by atoms with van der Waals surface area (Å²) in [5.74, 6) is -0.215. The van der Waals surface area contributed by atoms with E-state index in [9.17, 15) is 4.79 Å². The van der Waals surface area contributed by atoms with Crippen LogP contribution in [0.2, 0.25) is 0 Å². The van der Waals surface area contributed by atoms with E-state index in [-0.39, 0.29) is 5.78 Å². The van der Waals surface area contributed by atoms with Crippen molar-refractivity contribution in [3.05, 3.63) is 72.7 Å². The van der Waals surface area contributed by atoms with Crippen molar-refractivity contribution >= 4 is 11.4 Å². The standard InChI is InChI=1S/C16H10N6O/c23-15(13-3-1-2-6-18-13)11-9-21-22-14(5-8-19-16(11)22)12-4-7-17-10-20-12/h1-10H. The van der Waals surface area contributed by atoms with Crippen LogP contribution in [0.5, 0.6) is 0 Å². The second-order valence-electron chi connectivity index (χ2n) is 4.76. The van der Waals surface area contributed by atoms with Gasteiger partial charge in [0.1, 0.15) is 12.0 Å². The summed E-state index contributed by atoms with van der Waals surface area (Å²) in [4.78, 5) is 29.1. The first-order valence-corrected chi connectivity index (χ1v) is 6.89. The fraction of sp³-hybridized carbons (Fsp3) is 0. The smallest absolute Gasteiger partial charge is 0.216 e. The Morgan fingerprint density at radius 2 is 1.91 bits per heavy atom. The van der Waals surface area contributed by atoms with Gasteiger partial charge in [-0.15, -0.1) is 0 Å². The van der Waals surface area contributed by atoms with Crippen LogP contribution in [-0.4, -0.2) is 35.3 Å². The predicted molar refractivity (Wildman–Crippen MR) is 81.7 cm³/mol. The summed E-state index contributed by atoms with van der Waals surface area (Å²) < 4.78 is 1.60. The summed E-state index contributed by atoms with van der Waals surface area (Å²) in [5, 5.41) is 4.29. The molecule has 4 aromatic rings. The Labute approximate surface area is 130 Å². The number of aromatic nitrogens is 6. The lowest BCUT2D eigenvalue weighted by Gasteiger charge is -2.03. The second kappa shape index (κ2) is 5.38. The molecule has 23 heavy (non-hydrogen) atoms. The molecule has 0 aliphatic rings. The molecule has 4 heterocycles. The van der Waals surface area contributed by atoms with Crippen LogP contribution in [0.4, 0.5) is 0 Å². The van der Waals surface area contributed by atoms with Gasteiger partial charge >= 0.3 is 0 Å². The number of carbonyl (C=O) groups excluding carboxylic acids is 1. The van der Waals surface area contributed by atoms with Crippen LogP contribution in [0.25, 0.3) is 17.0 Å². The summed E-state index contributed by atoms with van der Waals surface area (Å²) >= 11 is 0. The molecule has 0 fully saturated rings. The van der Waals surface area contributed by atoms with Gasteiger partial charge in [-0.05, 0) is 24.3 Å². The molecule has 7 nitrogen and oxygen atoms in total. The molecular formula is C16H10N6O. The lowest BCUT2D eigenvalue weighted by atomic mass is 10.1. The van der Waals surface area contributed by atoms with Crippen molar-refractivity contribution in [1.82, 2.24) is 29.5 Å². The number of fused-ring (bicyclic) bond motifs is 1. The lowest BCUT2D eigenvalue weighted by molar-refractivity contribution is 0.103. The van der Waals surface area contributed by atoms with E-state index < -0.39 is 0 Å². The molecule has 0 unspecified atom stereocenters. The molecule has 0 saturated carbocycles. The molecule has 0 radical (unpaired) electrons. The molecule has 0 atom stereocenters. The van der Waals surface area contributed by atoms with Crippen LogP contribution < -0.4 is 0 Å². The first-order chi connectivity index (χ1) is 11.3. The molecule has 0 bridgehead atoms. The number of ketones is 1. The monoisotopic (exact) mass is 302 g/mol. The SMILES string of the molecule is O=C(c1ccccn1)c1cnn2c(-c3ccncn3)ccnc12. The third-order valence-electron chi connectivity index (χ3n) is 3.39. The second-order valence-corrected chi connectivity index (χ2v) is 4.76. The van der Waals surface area contributed by atoms with Gasteiger partial charge in [0.15, 0.2) is 5.65 Å². The molecule has 0 aliphatic carbocycles. The Morgan fingerprint density at radius 3 is 2.70 bits per heavy atom. The van der Waals surface area contributed by atoms with Crippen molar-refractivity contribution in [3.63, 3.8) is 0 Å². The molecule has 7 heteroatoms. The Bertz CT molecular complexity index is 981. The number of hydrogen-bond acceptors (Lipinski definition) is 6. The first-order valence-electron chi connectivity index (χ1n) is 6.89. The molecule has 4 rings (SSSR count). The molecule has 4 aromatic heterocycles. The largest absolute Gasteiger partial charge is 0.287 e. The fourth-order valence-corrected chi connectivity index (χ4v) is 2.32. The zero-order valence-electron chi connectivity index (χ0n) is 11.9. The van der Waals surface area contributed by atoms with Crippen molar-refractivity contribution < 1.29 is 4.79 Å². The van der Waals surface area contributed by atoms with Crippen LogP contribution in [0.1, 0.15) is 16.1 Å². The Kier molecular flexibility index (Phi) is 3.09. The van der Waals surface area contributed by atoms with E-state index in [0.29, 0.717) is 22.6 Å². The summed E-state index contributed by atoms with van der Waals surface area (Å²) in [5.41, 5.74) is 2.66. The average Bonchev–Trinajstić information content (AvgIpc) is 3.06. The van der Waals surface area contributed by atoms with E-state index in [2.05, 4.69) is 25.0 Å². The van der Waals surface area contributed by atoms with Crippen LogP contribution in [0.15, 0.2) is 61.4 Å². The minimum atomic E-state index is -0.215. The Morgan fingerprint density at radius 1 is 0.957 bits per heavy atom. The quantitative estimate of drug-likeness (QED) is 0.536. The third-order valence-corrected chi connectivity index (χ3v) is 3.39. The van der Waals surface area contributed by atoms with Gasteiger partial charge in [-0.25, -0.2) is 19.5 Å². The first kappa shape index (κ1) is 13.2. The number of hydrogen-bond donors (Lipinski definition) is 0. The molecule has 110 valence electrons. The molecular weight excluding hydrogens is 292 g/mol. The molecule has 0 aliphatic heterocycles. The van der Waals surface area contributed by atoms with Crippen molar-refractivity contribution in [2.75, 3.05) is 0 Å². The van der Waals surface area contributed by atoms with E-state index in [1.807, 2.05) is 0 Å². The number of nitrogens with zero attached hydrogens (tertiary/aromatic N) is 6. The van der Waals surface area contributed by atoms with E-state index in [1.165, 1.54) is 12.5 Å². The third kappa shape index (κ3) is 2.24. The molecule has 0 N–H and O–H groups in total. The topological polar surface area (TPSA) is 85.9 Å². The van der Waals surface area contributed by atoms with E-state index >= 15 is 0 Å². The van der Waals surface area contributed by atoms with Gasteiger partial charge in [0.25, 0.3) is 0 Å². The van der Waals surface area contributed by atoms with Crippen molar-refractivity contribution in [2.24, 2.45) is 0 Å². The molecule has 0 spiro atoms. The lowest BCUT2D eigenvalue weighted by Crippen LogP contribution is -2.04. The maximum Gasteiger partial charge on any atom is 0.216 e. The zero-order valence-corrected chi connectivity index (χ0v) is 11.9. The molecule has 0 amide bonds. The van der Waals surface area contributed by atoms with Crippen LogP contribution in [-0.2, 0) is 0 Å². The van der Waals surface area contributed by atoms with Crippen molar-refractivity contribution in [2.45, 2.75) is 0 Å². The van der Waals surface area contributed by atoms with Gasteiger partial charge in [-0.1, -0.05) is 6.07 Å². The van der Waals surface area contributed by atoms with E-state index in [0.717, 1.165) is 5.69 Å². The summed E-state index contributed by atoms with van der Waals surface area (Å²) in [7, 11) is 0. The highest BCUT2D eigenvalue weighted by molar-refractivity contribution is 6.11. The minimum Gasteiger partial charge on any atom is -0.287 e. The summed E-state index contributed by atoms with van der Waals surface area (Å²) in [6.07, 6.45) is 7.83. The highest BCUT2D eigenvalue weighted by Crippen LogP contribution is 2.19. The van der Waals surface area contributed by atoms with E-state index in [1.54, 1.807) is 53.4 Å².